The number of amides is 1. The van der Waals surface area contributed by atoms with Gasteiger partial charge < -0.3 is 14.4 Å². The van der Waals surface area contributed by atoms with E-state index in [2.05, 4.69) is 4.90 Å². The Balaban J connectivity index is 1.33. The molecule has 6 nitrogen and oxygen atoms in total. The Morgan fingerprint density at radius 3 is 2.31 bits per heavy atom. The number of carbonyl (C=O) groups is 2. The normalized spacial score (nSPS) is 21.2. The molecule has 32 heavy (non-hydrogen) atoms. The molecule has 0 aromatic heterocycles. The smallest absolute Gasteiger partial charge is 0.471 e. The molecule has 2 saturated carbocycles. The minimum absolute atomic E-state index is 0.0407. The van der Waals surface area contributed by atoms with Crippen molar-refractivity contribution in [3.63, 3.8) is 0 Å². The molecule has 0 bridgehead atoms. The largest absolute Gasteiger partial charge is 0.496 e. The Labute approximate surface area is 185 Å². The molecular weight excluding hydrogens is 425 g/mol. The van der Waals surface area contributed by atoms with Crippen LogP contribution >= 0.6 is 0 Å². The zero-order chi connectivity index (χ0) is 23.1. The van der Waals surface area contributed by atoms with Crippen molar-refractivity contribution in [1.82, 2.24) is 9.80 Å². The first-order valence-electron chi connectivity index (χ1n) is 11.0. The van der Waals surface area contributed by atoms with Gasteiger partial charge in [-0.25, -0.2) is 4.79 Å². The highest BCUT2D eigenvalue weighted by Crippen LogP contribution is 2.53. The quantitative estimate of drug-likeness (QED) is 0.613. The van der Waals surface area contributed by atoms with Gasteiger partial charge in [0.1, 0.15) is 5.75 Å². The van der Waals surface area contributed by atoms with E-state index in [1.54, 1.807) is 19.2 Å². The van der Waals surface area contributed by atoms with Crippen molar-refractivity contribution in [3.8, 4) is 5.75 Å². The molecule has 1 amide bonds. The molecule has 1 aromatic rings. The fraction of sp³-hybridized carbons (Fsp3) is 0.652. The summed E-state index contributed by atoms with van der Waals surface area (Å²) in [7, 11) is 2.90. The molecule has 4 rings (SSSR count). The third-order valence-corrected chi connectivity index (χ3v) is 7.17. The van der Waals surface area contributed by atoms with Crippen LogP contribution in [0.2, 0.25) is 0 Å². The lowest BCUT2D eigenvalue weighted by molar-refractivity contribution is -0.194. The van der Waals surface area contributed by atoms with E-state index in [9.17, 15) is 22.8 Å². The van der Waals surface area contributed by atoms with Gasteiger partial charge in [0.25, 0.3) is 0 Å². The fourth-order valence-corrected chi connectivity index (χ4v) is 5.22. The number of hydrogen-bond acceptors (Lipinski definition) is 5. The first kappa shape index (κ1) is 22.9. The minimum Gasteiger partial charge on any atom is -0.496 e. The molecule has 0 N–H and O–H groups in total. The summed E-state index contributed by atoms with van der Waals surface area (Å²) in [5, 5.41) is 0. The molecule has 3 aliphatic rings. The van der Waals surface area contributed by atoms with Crippen LogP contribution in [0, 0.1) is 5.41 Å². The highest BCUT2D eigenvalue weighted by molar-refractivity contribution is 5.89. The van der Waals surface area contributed by atoms with Crippen LogP contribution in [0.15, 0.2) is 18.2 Å². The van der Waals surface area contributed by atoms with Crippen molar-refractivity contribution in [2.75, 3.05) is 27.3 Å². The Bertz CT molecular complexity index is 868. The number of carbonyl (C=O) groups excluding carboxylic acids is 2. The number of alkyl halides is 3. The van der Waals surface area contributed by atoms with Crippen LogP contribution in [0.25, 0.3) is 0 Å². The highest BCUT2D eigenvalue weighted by Gasteiger charge is 2.55. The van der Waals surface area contributed by atoms with Crippen LogP contribution in [0.3, 0.4) is 0 Å². The van der Waals surface area contributed by atoms with Crippen LogP contribution in [-0.2, 0) is 16.1 Å². The first-order chi connectivity index (χ1) is 15.2. The van der Waals surface area contributed by atoms with Crippen molar-refractivity contribution < 1.29 is 32.2 Å². The van der Waals surface area contributed by atoms with Crippen molar-refractivity contribution in [3.05, 3.63) is 29.3 Å². The van der Waals surface area contributed by atoms with Gasteiger partial charge in [0.2, 0.25) is 0 Å². The molecule has 3 fully saturated rings. The third-order valence-electron chi connectivity index (χ3n) is 7.17. The molecule has 1 spiro atoms. The van der Waals surface area contributed by atoms with Crippen LogP contribution in [0.5, 0.6) is 5.75 Å². The Hall–Kier alpha value is -2.29. The molecule has 176 valence electrons. The number of ether oxygens (including phenoxy) is 2. The maximum absolute atomic E-state index is 13.0. The predicted molar refractivity (Wildman–Crippen MR) is 110 cm³/mol. The zero-order valence-electron chi connectivity index (χ0n) is 18.4. The highest BCUT2D eigenvalue weighted by atomic mass is 19.4. The van der Waals surface area contributed by atoms with Crippen LogP contribution in [-0.4, -0.2) is 67.2 Å². The predicted octanol–water partition coefficient (Wildman–Crippen LogP) is 3.78. The van der Waals surface area contributed by atoms with Gasteiger partial charge >= 0.3 is 18.1 Å². The van der Waals surface area contributed by atoms with Gasteiger partial charge in [-0.15, -0.1) is 0 Å². The van der Waals surface area contributed by atoms with Crippen molar-refractivity contribution in [1.29, 1.82) is 0 Å². The summed E-state index contributed by atoms with van der Waals surface area (Å²) >= 11 is 0. The fourth-order valence-electron chi connectivity index (χ4n) is 5.22. The second kappa shape index (κ2) is 8.57. The van der Waals surface area contributed by atoms with E-state index in [-0.39, 0.29) is 17.5 Å². The summed E-state index contributed by atoms with van der Waals surface area (Å²) in [6.07, 6.45) is -0.301. The SMILES string of the molecule is COC(=O)c1ccc(CN2CCC3(CC2)CC(N(C(=O)C(F)(F)F)C2CC2)C3)c(OC)c1. The molecule has 1 aromatic carbocycles. The molecule has 0 atom stereocenters. The van der Waals surface area contributed by atoms with Crippen molar-refractivity contribution in [2.45, 2.75) is 63.3 Å². The summed E-state index contributed by atoms with van der Waals surface area (Å²) in [6, 6.07) is 4.75. The number of hydrogen-bond donors (Lipinski definition) is 0. The molecule has 0 radical (unpaired) electrons. The zero-order valence-corrected chi connectivity index (χ0v) is 18.4. The molecule has 1 heterocycles. The van der Waals surface area contributed by atoms with Crippen molar-refractivity contribution >= 4 is 11.9 Å². The molecular formula is C23H29F3N2O4. The number of halogens is 3. The van der Waals surface area contributed by atoms with E-state index >= 15 is 0 Å². The molecule has 0 unspecified atom stereocenters. The number of methoxy groups -OCH3 is 2. The lowest BCUT2D eigenvalue weighted by Crippen LogP contribution is -2.59. The van der Waals surface area contributed by atoms with E-state index < -0.39 is 18.1 Å². The van der Waals surface area contributed by atoms with Gasteiger partial charge in [0, 0.05) is 24.2 Å². The Morgan fingerprint density at radius 2 is 1.78 bits per heavy atom. The van der Waals surface area contributed by atoms with E-state index in [1.165, 1.54) is 7.11 Å². The average molecular weight is 454 g/mol. The molecule has 1 saturated heterocycles. The summed E-state index contributed by atoms with van der Waals surface area (Å²) in [5.74, 6) is -1.46. The van der Waals surface area contributed by atoms with Gasteiger partial charge in [0.15, 0.2) is 0 Å². The van der Waals surface area contributed by atoms with Gasteiger partial charge in [-0.1, -0.05) is 6.07 Å². The van der Waals surface area contributed by atoms with E-state index in [0.717, 1.165) is 36.4 Å². The molecule has 1 aliphatic heterocycles. The van der Waals surface area contributed by atoms with Gasteiger partial charge in [-0.2, -0.15) is 13.2 Å². The van der Waals surface area contributed by atoms with Crippen molar-refractivity contribution in [2.24, 2.45) is 5.41 Å². The number of esters is 1. The van der Waals surface area contributed by atoms with Crippen LogP contribution < -0.4 is 4.74 Å². The lowest BCUT2D eigenvalue weighted by Gasteiger charge is -2.55. The third kappa shape index (κ3) is 4.58. The average Bonchev–Trinajstić information content (AvgIpc) is 3.58. The topological polar surface area (TPSA) is 59.1 Å². The van der Waals surface area contributed by atoms with Gasteiger partial charge in [-0.05, 0) is 69.2 Å². The Kier molecular flexibility index (Phi) is 6.13. The lowest BCUT2D eigenvalue weighted by atomic mass is 9.60. The summed E-state index contributed by atoms with van der Waals surface area (Å²) < 4.78 is 49.3. The van der Waals surface area contributed by atoms with E-state index in [1.807, 2.05) is 6.07 Å². The summed E-state index contributed by atoms with van der Waals surface area (Å²) in [6.45, 7) is 2.35. The number of piperidine rings is 1. The van der Waals surface area contributed by atoms with E-state index in [4.69, 9.17) is 9.47 Å². The summed E-state index contributed by atoms with van der Waals surface area (Å²) in [5.41, 5.74) is 1.44. The van der Waals surface area contributed by atoms with Crippen LogP contribution in [0.1, 0.15) is 54.4 Å². The number of rotatable bonds is 6. The number of nitrogens with zero attached hydrogens (tertiary/aromatic N) is 2. The van der Waals surface area contributed by atoms with Gasteiger partial charge in [0.05, 0.1) is 19.8 Å². The molecule has 2 aliphatic carbocycles. The standard InChI is InChI=1S/C23H29F3N2O4/c1-31-19-11-15(20(29)32-2)3-4-16(19)14-27-9-7-22(8-10-27)12-18(13-22)28(17-5-6-17)21(30)23(24,25)26/h3-4,11,17-18H,5-10,12-14H2,1-2H3. The van der Waals surface area contributed by atoms with Crippen LogP contribution in [0.4, 0.5) is 13.2 Å². The maximum atomic E-state index is 13.0. The number of benzene rings is 1. The minimum atomic E-state index is -4.79. The maximum Gasteiger partial charge on any atom is 0.471 e. The molecule has 9 heteroatoms. The Morgan fingerprint density at radius 1 is 1.12 bits per heavy atom. The first-order valence-corrected chi connectivity index (χ1v) is 11.0. The second-order valence-corrected chi connectivity index (χ2v) is 9.30. The monoisotopic (exact) mass is 454 g/mol. The van der Waals surface area contributed by atoms with E-state index in [0.29, 0.717) is 43.5 Å². The summed E-state index contributed by atoms with van der Waals surface area (Å²) in [4.78, 5) is 27.1. The number of likely N-dealkylation sites (tertiary alicyclic amines) is 1. The van der Waals surface area contributed by atoms with Gasteiger partial charge in [-0.3, -0.25) is 9.69 Å². The second-order valence-electron chi connectivity index (χ2n) is 9.30.